The van der Waals surface area contributed by atoms with Crippen LogP contribution in [0.1, 0.15) is 12.8 Å². The van der Waals surface area contributed by atoms with Crippen LogP contribution in [0.15, 0.2) is 0 Å². The minimum Gasteiger partial charge on any atom is -0.481 e. The van der Waals surface area contributed by atoms with Crippen LogP contribution < -0.4 is 5.73 Å². The summed E-state index contributed by atoms with van der Waals surface area (Å²) in [6.07, 6.45) is 0.364. The van der Waals surface area contributed by atoms with Crippen molar-refractivity contribution in [3.05, 3.63) is 0 Å². The number of hydrogen-bond donors (Lipinski definition) is 2. The molecular weight excluding hydrogens is 254 g/mol. The third-order valence-electron chi connectivity index (χ3n) is 2.91. The molecule has 1 saturated heterocycles. The molecule has 1 heterocycles. The molecule has 1 unspecified atom stereocenters. The third kappa shape index (κ3) is 4.40. The Morgan fingerprint density at radius 1 is 1.47 bits per heavy atom. The van der Waals surface area contributed by atoms with Crippen LogP contribution >= 0.6 is 0 Å². The number of ether oxygens (including phenoxy) is 1. The van der Waals surface area contributed by atoms with Crippen LogP contribution in [0.4, 0.5) is 4.79 Å². The first-order valence-corrected chi connectivity index (χ1v) is 6.04. The third-order valence-corrected chi connectivity index (χ3v) is 2.91. The lowest BCUT2D eigenvalue weighted by atomic mass is 10.2. The molecule has 0 radical (unpaired) electrons. The summed E-state index contributed by atoms with van der Waals surface area (Å²) in [5.41, 5.74) is 5.23. The number of urea groups is 1. The highest BCUT2D eigenvalue weighted by Gasteiger charge is 2.32. The number of carboxylic acids is 1. The number of carbonyl (C=O) groups is 3. The first-order valence-electron chi connectivity index (χ1n) is 6.04. The number of aliphatic carboxylic acids is 1. The summed E-state index contributed by atoms with van der Waals surface area (Å²) in [6, 6.07) is -1.10. The highest BCUT2D eigenvalue weighted by molar-refractivity contribution is 5.86. The highest BCUT2D eigenvalue weighted by atomic mass is 16.5. The van der Waals surface area contributed by atoms with Crippen molar-refractivity contribution in [2.75, 3.05) is 33.4 Å². The lowest BCUT2D eigenvalue weighted by Crippen LogP contribution is -2.57. The summed E-state index contributed by atoms with van der Waals surface area (Å²) in [7, 11) is 1.57. The zero-order chi connectivity index (χ0) is 14.4. The molecule has 8 heteroatoms. The Bertz CT molecular complexity index is 360. The minimum absolute atomic E-state index is 0.0000207. The second kappa shape index (κ2) is 6.93. The van der Waals surface area contributed by atoms with Gasteiger partial charge in [-0.25, -0.2) is 4.79 Å². The van der Waals surface area contributed by atoms with Crippen LogP contribution in [0.25, 0.3) is 0 Å². The molecule has 3 amide bonds. The van der Waals surface area contributed by atoms with Crippen LogP contribution in [0.3, 0.4) is 0 Å². The average molecular weight is 273 g/mol. The summed E-state index contributed by atoms with van der Waals surface area (Å²) in [4.78, 5) is 36.5. The Kier molecular flexibility index (Phi) is 5.56. The quantitative estimate of drug-likeness (QED) is 0.673. The van der Waals surface area contributed by atoms with Crippen LogP contribution in [0.5, 0.6) is 0 Å². The fourth-order valence-electron chi connectivity index (χ4n) is 1.85. The van der Waals surface area contributed by atoms with Gasteiger partial charge in [-0.2, -0.15) is 0 Å². The van der Waals surface area contributed by atoms with Crippen molar-refractivity contribution in [3.8, 4) is 0 Å². The summed E-state index contributed by atoms with van der Waals surface area (Å²) >= 11 is 0. The van der Waals surface area contributed by atoms with Crippen molar-refractivity contribution in [2.24, 2.45) is 5.73 Å². The van der Waals surface area contributed by atoms with Crippen molar-refractivity contribution in [1.29, 1.82) is 0 Å². The van der Waals surface area contributed by atoms with Gasteiger partial charge in [0.25, 0.3) is 0 Å². The SMILES string of the molecule is CN(CCCC(=O)O)C(=O)N1CCOCC1C(N)=O. The predicted molar refractivity (Wildman–Crippen MR) is 65.4 cm³/mol. The number of primary amides is 1. The van der Waals surface area contributed by atoms with E-state index in [2.05, 4.69) is 0 Å². The Balaban J connectivity index is 2.53. The number of nitrogens with zero attached hydrogens (tertiary/aromatic N) is 2. The van der Waals surface area contributed by atoms with E-state index in [1.165, 1.54) is 9.80 Å². The maximum absolute atomic E-state index is 12.1. The van der Waals surface area contributed by atoms with Gasteiger partial charge in [0, 0.05) is 26.6 Å². The summed E-state index contributed by atoms with van der Waals surface area (Å²) in [5, 5.41) is 8.54. The molecule has 1 aliphatic heterocycles. The van der Waals surface area contributed by atoms with E-state index in [1.807, 2.05) is 0 Å². The lowest BCUT2D eigenvalue weighted by Gasteiger charge is -2.36. The van der Waals surface area contributed by atoms with E-state index in [-0.39, 0.29) is 19.1 Å². The largest absolute Gasteiger partial charge is 0.481 e. The zero-order valence-electron chi connectivity index (χ0n) is 10.9. The molecule has 1 rings (SSSR count). The van der Waals surface area contributed by atoms with Gasteiger partial charge in [-0.15, -0.1) is 0 Å². The Labute approximate surface area is 111 Å². The molecule has 0 bridgehead atoms. The summed E-state index contributed by atoms with van der Waals surface area (Å²) < 4.78 is 5.13. The number of carboxylic acid groups (broad SMARTS) is 1. The van der Waals surface area contributed by atoms with Crippen molar-refractivity contribution in [1.82, 2.24) is 9.80 Å². The van der Waals surface area contributed by atoms with Gasteiger partial charge in [-0.1, -0.05) is 0 Å². The Hall–Kier alpha value is -1.83. The molecule has 0 aromatic carbocycles. The molecule has 0 aromatic heterocycles. The minimum atomic E-state index is -0.901. The van der Waals surface area contributed by atoms with E-state index >= 15 is 0 Å². The fraction of sp³-hybridized carbons (Fsp3) is 0.727. The van der Waals surface area contributed by atoms with Gasteiger partial charge in [0.05, 0.1) is 13.2 Å². The molecule has 3 N–H and O–H groups in total. The van der Waals surface area contributed by atoms with Crippen LogP contribution in [0.2, 0.25) is 0 Å². The molecule has 1 atom stereocenters. The lowest BCUT2D eigenvalue weighted by molar-refractivity contribution is -0.137. The van der Waals surface area contributed by atoms with E-state index < -0.39 is 17.9 Å². The van der Waals surface area contributed by atoms with Crippen LogP contribution in [-0.2, 0) is 14.3 Å². The number of amides is 3. The van der Waals surface area contributed by atoms with Gasteiger partial charge in [-0.05, 0) is 6.42 Å². The maximum Gasteiger partial charge on any atom is 0.320 e. The van der Waals surface area contributed by atoms with Gasteiger partial charge < -0.3 is 25.4 Å². The molecule has 108 valence electrons. The van der Waals surface area contributed by atoms with Crippen LogP contribution in [0, 0.1) is 0 Å². The second-order valence-corrected chi connectivity index (χ2v) is 4.39. The van der Waals surface area contributed by atoms with E-state index in [9.17, 15) is 14.4 Å². The number of hydrogen-bond acceptors (Lipinski definition) is 4. The zero-order valence-corrected chi connectivity index (χ0v) is 10.9. The van der Waals surface area contributed by atoms with Gasteiger partial charge in [0.1, 0.15) is 6.04 Å². The molecule has 1 aliphatic rings. The summed E-state index contributed by atoms with van der Waals surface area (Å²) in [5.74, 6) is -1.51. The Morgan fingerprint density at radius 3 is 2.74 bits per heavy atom. The molecule has 0 spiro atoms. The predicted octanol–water partition coefficient (Wildman–Crippen LogP) is -0.911. The highest BCUT2D eigenvalue weighted by Crippen LogP contribution is 2.10. The maximum atomic E-state index is 12.1. The number of carbonyl (C=O) groups excluding carboxylic acids is 2. The van der Waals surface area contributed by atoms with Crippen LogP contribution in [-0.4, -0.2) is 72.2 Å². The number of rotatable bonds is 5. The van der Waals surface area contributed by atoms with E-state index in [4.69, 9.17) is 15.6 Å². The average Bonchev–Trinajstić information content (AvgIpc) is 2.37. The van der Waals surface area contributed by atoms with Gasteiger partial charge in [-0.3, -0.25) is 9.59 Å². The topological polar surface area (TPSA) is 113 Å². The second-order valence-electron chi connectivity index (χ2n) is 4.39. The van der Waals surface area contributed by atoms with Crippen molar-refractivity contribution >= 4 is 17.9 Å². The molecular formula is C11H19N3O5. The van der Waals surface area contributed by atoms with Crippen molar-refractivity contribution in [3.63, 3.8) is 0 Å². The first-order chi connectivity index (χ1) is 8.93. The molecule has 19 heavy (non-hydrogen) atoms. The molecule has 8 nitrogen and oxygen atoms in total. The monoisotopic (exact) mass is 273 g/mol. The van der Waals surface area contributed by atoms with Crippen molar-refractivity contribution < 1.29 is 24.2 Å². The van der Waals surface area contributed by atoms with E-state index in [0.717, 1.165) is 0 Å². The fourth-order valence-corrected chi connectivity index (χ4v) is 1.85. The normalized spacial score (nSPS) is 19.0. The van der Waals surface area contributed by atoms with E-state index in [1.54, 1.807) is 7.05 Å². The summed E-state index contributed by atoms with van der Waals surface area (Å²) in [6.45, 7) is 1.08. The number of morpholine rings is 1. The van der Waals surface area contributed by atoms with E-state index in [0.29, 0.717) is 26.1 Å². The van der Waals surface area contributed by atoms with Gasteiger partial charge in [0.2, 0.25) is 5.91 Å². The smallest absolute Gasteiger partial charge is 0.320 e. The van der Waals surface area contributed by atoms with Crippen molar-refractivity contribution in [2.45, 2.75) is 18.9 Å². The molecule has 0 saturated carbocycles. The van der Waals surface area contributed by atoms with Gasteiger partial charge in [0.15, 0.2) is 0 Å². The molecule has 0 aromatic rings. The molecule has 0 aliphatic carbocycles. The first kappa shape index (κ1) is 15.2. The number of nitrogens with two attached hydrogens (primary N) is 1. The van der Waals surface area contributed by atoms with Gasteiger partial charge >= 0.3 is 12.0 Å². The Morgan fingerprint density at radius 2 is 2.16 bits per heavy atom. The molecule has 1 fully saturated rings. The standard InChI is InChI=1S/C11H19N3O5/c1-13(4-2-3-9(15)16)11(18)14-5-6-19-7-8(14)10(12)17/h8H,2-7H2,1H3,(H2,12,17)(H,15,16).